The third-order valence-corrected chi connectivity index (χ3v) is 14.2. The molecule has 430 valence electrons. The number of carbonyl (C=O) groups excluding carboxylic acids is 2. The number of quaternary nitrogens is 1. The van der Waals surface area contributed by atoms with Crippen LogP contribution in [0.15, 0.2) is 24.3 Å². The summed E-state index contributed by atoms with van der Waals surface area (Å²) in [5, 5.41) is 9.69. The van der Waals surface area contributed by atoms with E-state index in [1.807, 2.05) is 21.1 Å². The number of carboxylic acid groups (broad SMARTS) is 1. The summed E-state index contributed by atoms with van der Waals surface area (Å²) in [5.74, 6) is -2.01. The number of unbranched alkanes of at least 4 members (excludes halogenated alkanes) is 40. The third-order valence-electron chi connectivity index (χ3n) is 14.2. The van der Waals surface area contributed by atoms with E-state index in [4.69, 9.17) is 18.9 Å². The number of carboxylic acids is 1. The van der Waals surface area contributed by atoms with Crippen LogP contribution in [-0.2, 0) is 33.3 Å². The molecule has 1 N–H and O–H groups in total. The van der Waals surface area contributed by atoms with E-state index in [2.05, 4.69) is 38.2 Å². The lowest BCUT2D eigenvalue weighted by Gasteiger charge is -2.25. The van der Waals surface area contributed by atoms with Gasteiger partial charge in [0.25, 0.3) is 6.29 Å². The summed E-state index contributed by atoms with van der Waals surface area (Å²) in [4.78, 5) is 37.4. The number of aliphatic carboxylic acids is 1. The Morgan fingerprint density at radius 3 is 1.12 bits per heavy atom. The second-order valence-corrected chi connectivity index (χ2v) is 22.7. The number of rotatable bonds is 59. The van der Waals surface area contributed by atoms with Gasteiger partial charge in [0.15, 0.2) is 6.10 Å². The number of hydrogen-bond acceptors (Lipinski definition) is 7. The van der Waals surface area contributed by atoms with E-state index in [0.29, 0.717) is 23.9 Å². The van der Waals surface area contributed by atoms with E-state index in [-0.39, 0.29) is 32.2 Å². The van der Waals surface area contributed by atoms with E-state index in [1.54, 1.807) is 0 Å². The molecule has 0 aliphatic heterocycles. The van der Waals surface area contributed by atoms with Gasteiger partial charge >= 0.3 is 17.9 Å². The summed E-state index contributed by atoms with van der Waals surface area (Å²) in [6.07, 6.45) is 64.4. The van der Waals surface area contributed by atoms with E-state index in [9.17, 15) is 19.5 Å². The van der Waals surface area contributed by atoms with Crippen LogP contribution < -0.4 is 0 Å². The monoisotopic (exact) mass is 1030 g/mol. The number of carbonyl (C=O) groups is 3. The molecule has 9 heteroatoms. The summed E-state index contributed by atoms with van der Waals surface area (Å²) in [6.45, 7) is 4.86. The fourth-order valence-corrected chi connectivity index (χ4v) is 9.33. The third kappa shape index (κ3) is 57.3. The predicted molar refractivity (Wildman–Crippen MR) is 309 cm³/mol. The minimum atomic E-state index is -1.51. The zero-order valence-electron chi connectivity index (χ0n) is 49.1. The quantitative estimate of drug-likeness (QED) is 0.0211. The summed E-state index contributed by atoms with van der Waals surface area (Å²) in [6, 6.07) is 0. The Morgan fingerprint density at radius 2 is 0.753 bits per heavy atom. The van der Waals surface area contributed by atoms with Crippen LogP contribution in [0.25, 0.3) is 0 Å². The van der Waals surface area contributed by atoms with Crippen molar-refractivity contribution < 1.29 is 42.9 Å². The summed E-state index contributed by atoms with van der Waals surface area (Å²) in [5.41, 5.74) is 0. The van der Waals surface area contributed by atoms with Gasteiger partial charge in [0.2, 0.25) is 0 Å². The highest BCUT2D eigenvalue weighted by atomic mass is 16.7. The van der Waals surface area contributed by atoms with Crippen molar-refractivity contribution in [2.45, 2.75) is 322 Å². The molecule has 0 aromatic carbocycles. The maximum atomic E-state index is 12.8. The Balaban J connectivity index is 3.97. The number of likely N-dealkylation sites (N-methyl/N-ethyl adjacent to an activating group) is 1. The van der Waals surface area contributed by atoms with Gasteiger partial charge in [-0.15, -0.1) is 0 Å². The van der Waals surface area contributed by atoms with Crippen molar-refractivity contribution in [2.24, 2.45) is 0 Å². The topological polar surface area (TPSA) is 108 Å². The first-order chi connectivity index (χ1) is 35.6. The standard InChI is InChI=1S/C64H121NO8/c1-6-8-10-12-14-16-18-20-22-23-24-25-26-27-28-29-30-31-32-33-34-35-36-37-38-39-40-41-43-44-46-48-50-52-54-61(66)71-58-60(59-72-64(63(68)69)70-57-56-65(3,4)5)73-62(67)55-53-51-49-47-45-42-21-19-17-15-13-11-9-7-2/h13,15,19,21,60,64H,6-12,14,16-18,20,22-59H2,1-5H3/p+1/b15-13-,21-19-. The fourth-order valence-electron chi connectivity index (χ4n) is 9.33. The molecule has 0 saturated carbocycles. The molecule has 0 aliphatic rings. The Morgan fingerprint density at radius 1 is 0.411 bits per heavy atom. The minimum Gasteiger partial charge on any atom is -0.477 e. The molecule has 9 nitrogen and oxygen atoms in total. The fraction of sp³-hybridized carbons (Fsp3) is 0.891. The average molecular weight is 1030 g/mol. The van der Waals surface area contributed by atoms with Crippen LogP contribution in [0.4, 0.5) is 0 Å². The van der Waals surface area contributed by atoms with Crippen LogP contribution >= 0.6 is 0 Å². The van der Waals surface area contributed by atoms with Gasteiger partial charge in [-0.25, -0.2) is 4.79 Å². The highest BCUT2D eigenvalue weighted by Crippen LogP contribution is 2.18. The van der Waals surface area contributed by atoms with Gasteiger partial charge in [0.1, 0.15) is 13.2 Å². The lowest BCUT2D eigenvalue weighted by Crippen LogP contribution is -2.40. The summed E-state index contributed by atoms with van der Waals surface area (Å²) >= 11 is 0. The van der Waals surface area contributed by atoms with Gasteiger partial charge in [-0.1, -0.05) is 282 Å². The number of ether oxygens (including phenoxy) is 4. The largest absolute Gasteiger partial charge is 0.477 e. The average Bonchev–Trinajstić information content (AvgIpc) is 3.36. The maximum absolute atomic E-state index is 12.8. The molecule has 0 rings (SSSR count). The molecule has 0 radical (unpaired) electrons. The highest BCUT2D eigenvalue weighted by molar-refractivity contribution is 5.71. The van der Waals surface area contributed by atoms with Gasteiger partial charge < -0.3 is 28.5 Å². The number of hydrogen-bond donors (Lipinski definition) is 1. The molecular weight excluding hydrogens is 911 g/mol. The van der Waals surface area contributed by atoms with Gasteiger partial charge in [0.05, 0.1) is 34.4 Å². The normalized spacial score (nSPS) is 12.8. The number of esters is 2. The molecule has 0 bridgehead atoms. The molecule has 2 atom stereocenters. The van der Waals surface area contributed by atoms with Crippen LogP contribution in [-0.4, -0.2) is 87.4 Å². The molecule has 2 unspecified atom stereocenters. The van der Waals surface area contributed by atoms with E-state index in [1.165, 1.54) is 212 Å². The molecule has 0 spiro atoms. The highest BCUT2D eigenvalue weighted by Gasteiger charge is 2.25. The lowest BCUT2D eigenvalue weighted by molar-refractivity contribution is -0.870. The zero-order chi connectivity index (χ0) is 53.4. The van der Waals surface area contributed by atoms with Crippen molar-refractivity contribution in [3.63, 3.8) is 0 Å². The van der Waals surface area contributed by atoms with Gasteiger partial charge in [-0.2, -0.15) is 0 Å². The SMILES string of the molecule is CCCC/C=C\C/C=C\CCCCCCCC(=O)OC(COC(=O)CCCCCCCCCCCCCCCCCCCCCCCCCCCCCCCCCCCC)COC(OCC[N+](C)(C)C)C(=O)O. The molecule has 0 fully saturated rings. The van der Waals surface area contributed by atoms with Crippen LogP contribution in [0.1, 0.15) is 309 Å². The second-order valence-electron chi connectivity index (χ2n) is 22.7. The Labute approximate surface area is 452 Å². The molecule has 0 saturated heterocycles. The Hall–Kier alpha value is -2.23. The van der Waals surface area contributed by atoms with Crippen molar-refractivity contribution in [1.82, 2.24) is 0 Å². The van der Waals surface area contributed by atoms with Crippen molar-refractivity contribution in [3.8, 4) is 0 Å². The van der Waals surface area contributed by atoms with Crippen LogP contribution in [0.5, 0.6) is 0 Å². The van der Waals surface area contributed by atoms with Crippen molar-refractivity contribution in [1.29, 1.82) is 0 Å². The lowest BCUT2D eigenvalue weighted by atomic mass is 10.0. The molecule has 0 aliphatic carbocycles. The van der Waals surface area contributed by atoms with Crippen LogP contribution in [0, 0.1) is 0 Å². The van der Waals surface area contributed by atoms with Crippen LogP contribution in [0.3, 0.4) is 0 Å². The van der Waals surface area contributed by atoms with Gasteiger partial charge in [0, 0.05) is 12.8 Å². The maximum Gasteiger partial charge on any atom is 0.361 e. The molecule has 73 heavy (non-hydrogen) atoms. The molecule has 0 amide bonds. The van der Waals surface area contributed by atoms with Crippen molar-refractivity contribution in [2.75, 3.05) is 47.5 Å². The number of allylic oxidation sites excluding steroid dienone is 4. The first kappa shape index (κ1) is 70.8. The first-order valence-electron chi connectivity index (χ1n) is 31.5. The summed E-state index contributed by atoms with van der Waals surface area (Å²) in [7, 11) is 5.97. The van der Waals surface area contributed by atoms with Gasteiger partial charge in [-0.05, 0) is 38.5 Å². The molecule has 0 heterocycles. The Bertz CT molecular complexity index is 1250. The second kappa shape index (κ2) is 56.0. The summed E-state index contributed by atoms with van der Waals surface area (Å²) < 4.78 is 22.9. The van der Waals surface area contributed by atoms with E-state index < -0.39 is 24.3 Å². The van der Waals surface area contributed by atoms with Crippen molar-refractivity contribution >= 4 is 17.9 Å². The molecular formula is C64H122NO8+. The predicted octanol–water partition coefficient (Wildman–Crippen LogP) is 18.7. The van der Waals surface area contributed by atoms with E-state index >= 15 is 0 Å². The van der Waals surface area contributed by atoms with Crippen LogP contribution in [0.2, 0.25) is 0 Å². The first-order valence-corrected chi connectivity index (χ1v) is 31.5. The Kier molecular flexibility index (Phi) is 54.3. The van der Waals surface area contributed by atoms with Crippen molar-refractivity contribution in [3.05, 3.63) is 24.3 Å². The molecule has 0 aromatic heterocycles. The zero-order valence-corrected chi connectivity index (χ0v) is 49.1. The minimum absolute atomic E-state index is 0.183. The molecule has 0 aromatic rings. The smallest absolute Gasteiger partial charge is 0.361 e. The van der Waals surface area contributed by atoms with Gasteiger partial charge in [-0.3, -0.25) is 9.59 Å². The van der Waals surface area contributed by atoms with E-state index in [0.717, 1.165) is 64.2 Å². The number of nitrogens with zero attached hydrogens (tertiary/aromatic N) is 1.